The Hall–Kier alpha value is -1.28. The number of unbranched alkanes of at least 4 members (excludes halogenated alkanes) is 42. The number of rotatable bonds is 59. The van der Waals surface area contributed by atoms with E-state index in [-0.39, 0.29) is 12.5 Å². The van der Waals surface area contributed by atoms with Gasteiger partial charge in [0.15, 0.2) is 0 Å². The largest absolute Gasteiger partial charge is 0.756 e. The molecule has 0 radical (unpaired) electrons. The average molecular weight is 1050 g/mol. The van der Waals surface area contributed by atoms with Crippen molar-refractivity contribution in [3.05, 3.63) is 36.5 Å². The Morgan fingerprint density at radius 2 is 0.767 bits per heavy atom. The van der Waals surface area contributed by atoms with Crippen LogP contribution in [0.1, 0.15) is 316 Å². The number of carbonyl (C=O) groups is 1. The predicted molar refractivity (Wildman–Crippen MR) is 316 cm³/mol. The van der Waals surface area contributed by atoms with Gasteiger partial charge in [-0.1, -0.05) is 301 Å². The molecule has 0 saturated heterocycles. The van der Waals surface area contributed by atoms with Crippen LogP contribution in [0, 0.1) is 0 Å². The molecule has 0 spiro atoms. The molecule has 0 aliphatic rings. The Kier molecular flexibility index (Phi) is 54.5. The maximum Gasteiger partial charge on any atom is 0.268 e. The number of aliphatic hydroxyl groups is 1. The van der Waals surface area contributed by atoms with E-state index in [1.807, 2.05) is 27.2 Å². The van der Waals surface area contributed by atoms with Crippen molar-refractivity contribution < 1.29 is 32.9 Å². The highest BCUT2D eigenvalue weighted by Gasteiger charge is 2.23. The van der Waals surface area contributed by atoms with E-state index < -0.39 is 26.6 Å². The fraction of sp³-hybridized carbons (Fsp3) is 0.891. The molecule has 0 aliphatic carbocycles. The summed E-state index contributed by atoms with van der Waals surface area (Å²) in [5, 5.41) is 13.9. The second-order valence-corrected chi connectivity index (χ2v) is 24.5. The van der Waals surface area contributed by atoms with Crippen LogP contribution >= 0.6 is 7.82 Å². The molecule has 9 heteroatoms. The van der Waals surface area contributed by atoms with E-state index in [0.29, 0.717) is 17.4 Å². The molecule has 0 fully saturated rings. The minimum Gasteiger partial charge on any atom is -0.756 e. The third-order valence-electron chi connectivity index (χ3n) is 14.6. The number of phosphoric acid groups is 1. The number of nitrogens with zero attached hydrogens (tertiary/aromatic N) is 1. The zero-order valence-electron chi connectivity index (χ0n) is 49.4. The van der Waals surface area contributed by atoms with Crippen molar-refractivity contribution in [3.63, 3.8) is 0 Å². The van der Waals surface area contributed by atoms with Crippen LogP contribution in [0.5, 0.6) is 0 Å². The number of phosphoric ester groups is 1. The Morgan fingerprint density at radius 1 is 0.466 bits per heavy atom. The number of allylic oxidation sites excluding steroid dienone is 5. The first-order valence-electron chi connectivity index (χ1n) is 31.9. The first-order chi connectivity index (χ1) is 35.5. The quantitative estimate of drug-likeness (QED) is 0.0272. The van der Waals surface area contributed by atoms with Gasteiger partial charge in [-0.05, 0) is 44.9 Å². The number of hydrogen-bond donors (Lipinski definition) is 2. The van der Waals surface area contributed by atoms with E-state index in [2.05, 4.69) is 43.5 Å². The molecule has 0 rings (SSSR count). The molecule has 73 heavy (non-hydrogen) atoms. The normalized spacial score (nSPS) is 14.0. The van der Waals surface area contributed by atoms with Gasteiger partial charge in [0.1, 0.15) is 13.2 Å². The molecule has 0 saturated carbocycles. The van der Waals surface area contributed by atoms with Gasteiger partial charge in [-0.15, -0.1) is 0 Å². The monoisotopic (exact) mass is 1050 g/mol. The van der Waals surface area contributed by atoms with E-state index in [0.717, 1.165) is 44.9 Å². The van der Waals surface area contributed by atoms with Crippen LogP contribution in [0.2, 0.25) is 0 Å². The van der Waals surface area contributed by atoms with Crippen molar-refractivity contribution in [1.82, 2.24) is 5.32 Å². The maximum absolute atomic E-state index is 13.0. The molecule has 2 N–H and O–H groups in total. The third-order valence-corrected chi connectivity index (χ3v) is 15.5. The molecule has 1 amide bonds. The van der Waals surface area contributed by atoms with Crippen LogP contribution in [0.25, 0.3) is 0 Å². The second kappa shape index (κ2) is 55.5. The Bertz CT molecular complexity index is 1280. The molecule has 3 atom stereocenters. The Balaban J connectivity index is 4.07. The fourth-order valence-corrected chi connectivity index (χ4v) is 10.3. The lowest BCUT2D eigenvalue weighted by atomic mass is 10.0. The lowest BCUT2D eigenvalue weighted by Gasteiger charge is -2.29. The summed E-state index contributed by atoms with van der Waals surface area (Å²) in [6, 6.07) is -0.908. The van der Waals surface area contributed by atoms with Gasteiger partial charge in [-0.2, -0.15) is 0 Å². The summed E-state index contributed by atoms with van der Waals surface area (Å²) < 4.78 is 23.4. The van der Waals surface area contributed by atoms with Crippen molar-refractivity contribution in [1.29, 1.82) is 0 Å². The molecule has 0 heterocycles. The summed E-state index contributed by atoms with van der Waals surface area (Å²) >= 11 is 0. The van der Waals surface area contributed by atoms with Crippen LogP contribution in [-0.4, -0.2) is 68.5 Å². The van der Waals surface area contributed by atoms with Crippen LogP contribution in [0.15, 0.2) is 36.5 Å². The van der Waals surface area contributed by atoms with E-state index in [1.165, 1.54) is 250 Å². The van der Waals surface area contributed by atoms with Crippen LogP contribution in [-0.2, 0) is 18.4 Å². The summed E-state index contributed by atoms with van der Waals surface area (Å²) in [4.78, 5) is 25.5. The molecule has 432 valence electrons. The zero-order chi connectivity index (χ0) is 53.5. The van der Waals surface area contributed by atoms with E-state index in [1.54, 1.807) is 6.08 Å². The molecular formula is C64H125N2O6P. The van der Waals surface area contributed by atoms with Crippen LogP contribution in [0.3, 0.4) is 0 Å². The highest BCUT2D eigenvalue weighted by atomic mass is 31.2. The van der Waals surface area contributed by atoms with Crippen molar-refractivity contribution in [2.45, 2.75) is 328 Å². The third kappa shape index (κ3) is 58.2. The molecule has 0 aromatic carbocycles. The first-order valence-corrected chi connectivity index (χ1v) is 33.3. The molecular weight excluding hydrogens is 924 g/mol. The minimum atomic E-state index is -4.61. The summed E-state index contributed by atoms with van der Waals surface area (Å²) in [6.07, 6.45) is 72.6. The Morgan fingerprint density at radius 3 is 1.11 bits per heavy atom. The minimum absolute atomic E-state index is 0.00731. The fourth-order valence-electron chi connectivity index (χ4n) is 9.60. The second-order valence-electron chi connectivity index (χ2n) is 23.1. The lowest BCUT2D eigenvalue weighted by molar-refractivity contribution is -0.870. The number of carbonyl (C=O) groups excluding carboxylic acids is 1. The topological polar surface area (TPSA) is 108 Å². The number of hydrogen-bond acceptors (Lipinski definition) is 6. The van der Waals surface area contributed by atoms with Crippen LogP contribution in [0.4, 0.5) is 0 Å². The van der Waals surface area contributed by atoms with E-state index >= 15 is 0 Å². The lowest BCUT2D eigenvalue weighted by Crippen LogP contribution is -2.45. The molecule has 3 unspecified atom stereocenters. The van der Waals surface area contributed by atoms with Gasteiger partial charge in [-0.3, -0.25) is 9.36 Å². The van der Waals surface area contributed by atoms with E-state index in [9.17, 15) is 19.4 Å². The number of likely N-dealkylation sites (N-methyl/N-ethyl adjacent to an activating group) is 1. The Labute approximate surface area is 455 Å². The first kappa shape index (κ1) is 71.7. The number of quaternary nitrogens is 1. The van der Waals surface area contributed by atoms with E-state index in [4.69, 9.17) is 9.05 Å². The molecule has 8 nitrogen and oxygen atoms in total. The van der Waals surface area contributed by atoms with Gasteiger partial charge in [0, 0.05) is 6.42 Å². The molecule has 0 bridgehead atoms. The number of amides is 1. The van der Waals surface area contributed by atoms with Gasteiger partial charge in [0.25, 0.3) is 7.82 Å². The van der Waals surface area contributed by atoms with Crippen molar-refractivity contribution >= 4 is 13.7 Å². The van der Waals surface area contributed by atoms with Crippen molar-refractivity contribution in [3.8, 4) is 0 Å². The van der Waals surface area contributed by atoms with Crippen molar-refractivity contribution in [2.75, 3.05) is 40.9 Å². The van der Waals surface area contributed by atoms with Gasteiger partial charge >= 0.3 is 0 Å². The predicted octanol–water partition coefficient (Wildman–Crippen LogP) is 19.1. The highest BCUT2D eigenvalue weighted by Crippen LogP contribution is 2.38. The summed E-state index contributed by atoms with van der Waals surface area (Å²) in [5.41, 5.74) is 0. The number of nitrogens with one attached hydrogen (secondary N) is 1. The molecule has 0 aliphatic heterocycles. The maximum atomic E-state index is 13.0. The number of aliphatic hydroxyl groups excluding tert-OH is 1. The molecule has 0 aromatic heterocycles. The average Bonchev–Trinajstić information content (AvgIpc) is 3.35. The van der Waals surface area contributed by atoms with Gasteiger partial charge in [-0.25, -0.2) is 0 Å². The summed E-state index contributed by atoms with van der Waals surface area (Å²) in [6.45, 7) is 4.66. The summed E-state index contributed by atoms with van der Waals surface area (Å²) in [5.74, 6) is -0.205. The van der Waals surface area contributed by atoms with Crippen LogP contribution < -0.4 is 10.2 Å². The van der Waals surface area contributed by atoms with Gasteiger partial charge in [0.05, 0.1) is 39.9 Å². The zero-order valence-corrected chi connectivity index (χ0v) is 50.3. The summed E-state index contributed by atoms with van der Waals surface area (Å²) in [7, 11) is 1.25. The molecule has 0 aromatic rings. The smallest absolute Gasteiger partial charge is 0.268 e. The highest BCUT2D eigenvalue weighted by molar-refractivity contribution is 7.45. The van der Waals surface area contributed by atoms with Gasteiger partial charge in [0.2, 0.25) is 5.91 Å². The van der Waals surface area contributed by atoms with Gasteiger partial charge < -0.3 is 28.8 Å². The SMILES string of the molecule is CCCCCCCCCCC/C=C/CC/C=C/CC/C=C/C(O)C(COP(=O)([O-])OCC[N+](C)(C)C)NC(=O)CCCCCCCCCCCCCCCCCCCCCCCCCCCCCCCCCC. The standard InChI is InChI=1S/C64H125N2O6P/c1-6-8-10-12-14-16-18-20-22-24-26-27-28-29-30-31-32-33-34-35-36-37-38-40-42-44-46-48-50-52-54-56-58-64(68)65-62(61-72-73(69,70)71-60-59-66(3,4)5)63(67)57-55-53-51-49-47-45-43-41-39-25-23-21-19-17-15-13-11-9-7-2/h39,41,47,49,55,57,62-63,67H,6-38,40,42-46,48,50-54,56,58-61H2,1-5H3,(H-,65,68,69,70)/b41-39+,49-47+,57-55+. The van der Waals surface area contributed by atoms with Crippen molar-refractivity contribution in [2.24, 2.45) is 0 Å².